The van der Waals surface area contributed by atoms with Crippen molar-refractivity contribution >= 4 is 17.6 Å². The van der Waals surface area contributed by atoms with E-state index in [2.05, 4.69) is 27.2 Å². The van der Waals surface area contributed by atoms with Gasteiger partial charge < -0.3 is 10.5 Å². The first-order chi connectivity index (χ1) is 12.0. The highest BCUT2D eigenvalue weighted by atomic mass is 32.2. The number of aryl methyl sites for hydroxylation is 2. The smallest absolute Gasteiger partial charge is 0.224 e. The van der Waals surface area contributed by atoms with Gasteiger partial charge in [0.05, 0.1) is 0 Å². The molecule has 0 aliphatic heterocycles. The SMILES string of the molecule is CSc1nn(-c2cc(Oc3cc(C)cc(C)c3)ncn2)c(N)c1C#N. The first kappa shape index (κ1) is 16.8. The van der Waals surface area contributed by atoms with Gasteiger partial charge in [0.15, 0.2) is 5.82 Å². The molecule has 3 rings (SSSR count). The Labute approximate surface area is 149 Å². The quantitative estimate of drug-likeness (QED) is 0.719. The zero-order valence-corrected chi connectivity index (χ0v) is 14.8. The number of benzene rings is 1. The molecule has 0 bridgehead atoms. The van der Waals surface area contributed by atoms with Gasteiger partial charge in [-0.2, -0.15) is 15.0 Å². The summed E-state index contributed by atoms with van der Waals surface area (Å²) in [7, 11) is 0. The second kappa shape index (κ2) is 6.83. The highest BCUT2D eigenvalue weighted by Crippen LogP contribution is 2.27. The van der Waals surface area contributed by atoms with Gasteiger partial charge in [-0.25, -0.2) is 9.97 Å². The third kappa shape index (κ3) is 3.41. The van der Waals surface area contributed by atoms with E-state index >= 15 is 0 Å². The minimum absolute atomic E-state index is 0.239. The van der Waals surface area contributed by atoms with E-state index in [1.807, 2.05) is 32.2 Å². The Kier molecular flexibility index (Phi) is 4.59. The highest BCUT2D eigenvalue weighted by Gasteiger charge is 2.17. The fourth-order valence-corrected chi connectivity index (χ4v) is 2.96. The molecule has 0 atom stereocenters. The van der Waals surface area contributed by atoms with E-state index in [4.69, 9.17) is 10.5 Å². The molecule has 0 fully saturated rings. The molecule has 0 aliphatic carbocycles. The predicted octanol–water partition coefficient (Wildman–Crippen LogP) is 3.25. The number of thioether (sulfide) groups is 1. The molecule has 25 heavy (non-hydrogen) atoms. The van der Waals surface area contributed by atoms with E-state index in [-0.39, 0.29) is 5.82 Å². The standard InChI is InChI=1S/C17H16N6OS/c1-10-4-11(2)6-12(5-10)24-15-7-14(20-9-21-15)23-16(19)13(8-18)17(22-23)25-3/h4-7,9H,19H2,1-3H3. The number of hydrogen-bond acceptors (Lipinski definition) is 7. The van der Waals surface area contributed by atoms with E-state index < -0.39 is 0 Å². The van der Waals surface area contributed by atoms with Crippen LogP contribution in [0.3, 0.4) is 0 Å². The molecule has 0 unspecified atom stereocenters. The topological polar surface area (TPSA) is 103 Å². The highest BCUT2D eigenvalue weighted by molar-refractivity contribution is 7.98. The summed E-state index contributed by atoms with van der Waals surface area (Å²) in [5.41, 5.74) is 8.57. The normalized spacial score (nSPS) is 10.5. The van der Waals surface area contributed by atoms with Gasteiger partial charge in [-0.05, 0) is 43.4 Å². The summed E-state index contributed by atoms with van der Waals surface area (Å²) < 4.78 is 7.25. The number of anilines is 1. The van der Waals surface area contributed by atoms with Gasteiger partial charge in [0.1, 0.15) is 34.6 Å². The number of hydrogen-bond donors (Lipinski definition) is 1. The van der Waals surface area contributed by atoms with Crippen LogP contribution < -0.4 is 10.5 Å². The Balaban J connectivity index is 1.97. The number of rotatable bonds is 4. The summed E-state index contributed by atoms with van der Waals surface area (Å²) in [5, 5.41) is 14.1. The lowest BCUT2D eigenvalue weighted by Gasteiger charge is -2.08. The third-order valence-corrected chi connectivity index (χ3v) is 4.13. The average molecular weight is 352 g/mol. The first-order valence-corrected chi connectivity index (χ1v) is 8.65. The first-order valence-electron chi connectivity index (χ1n) is 7.43. The minimum atomic E-state index is 0.239. The van der Waals surface area contributed by atoms with Gasteiger partial charge in [0.25, 0.3) is 0 Å². The second-order valence-electron chi connectivity index (χ2n) is 5.43. The summed E-state index contributed by atoms with van der Waals surface area (Å²) in [6, 6.07) is 9.62. The largest absolute Gasteiger partial charge is 0.439 e. The Bertz CT molecular complexity index is 956. The van der Waals surface area contributed by atoms with Crippen LogP contribution in [-0.4, -0.2) is 26.0 Å². The number of nitrogens with two attached hydrogens (primary N) is 1. The van der Waals surface area contributed by atoms with E-state index in [1.165, 1.54) is 22.8 Å². The molecule has 2 heterocycles. The Morgan fingerprint density at radius 2 is 1.88 bits per heavy atom. The lowest BCUT2D eigenvalue weighted by molar-refractivity contribution is 0.460. The maximum atomic E-state index is 9.24. The van der Waals surface area contributed by atoms with Gasteiger partial charge >= 0.3 is 0 Å². The molecule has 8 heteroatoms. The number of nitrogen functional groups attached to an aromatic ring is 1. The van der Waals surface area contributed by atoms with E-state index in [9.17, 15) is 5.26 Å². The van der Waals surface area contributed by atoms with Crippen LogP contribution in [0.5, 0.6) is 11.6 Å². The molecule has 2 N–H and O–H groups in total. The maximum Gasteiger partial charge on any atom is 0.224 e. The fourth-order valence-electron chi connectivity index (χ4n) is 2.45. The maximum absolute atomic E-state index is 9.24. The summed E-state index contributed by atoms with van der Waals surface area (Å²) in [4.78, 5) is 8.31. The molecule has 3 aromatic rings. The van der Waals surface area contributed by atoms with E-state index in [1.54, 1.807) is 6.07 Å². The lowest BCUT2D eigenvalue weighted by Crippen LogP contribution is -2.05. The van der Waals surface area contributed by atoms with E-state index in [0.29, 0.717) is 28.0 Å². The number of nitrogens with zero attached hydrogens (tertiary/aromatic N) is 5. The molecular formula is C17H16N6OS. The molecular weight excluding hydrogens is 336 g/mol. The zero-order chi connectivity index (χ0) is 18.0. The van der Waals surface area contributed by atoms with Crippen LogP contribution in [0, 0.1) is 25.2 Å². The summed E-state index contributed by atoms with van der Waals surface area (Å²) >= 11 is 1.35. The lowest BCUT2D eigenvalue weighted by atomic mass is 10.1. The van der Waals surface area contributed by atoms with Crippen molar-refractivity contribution in [2.75, 3.05) is 12.0 Å². The van der Waals surface area contributed by atoms with Gasteiger partial charge in [-0.15, -0.1) is 11.8 Å². The van der Waals surface area contributed by atoms with E-state index in [0.717, 1.165) is 11.1 Å². The average Bonchev–Trinajstić information content (AvgIpc) is 2.90. The van der Waals surface area contributed by atoms with Crippen LogP contribution in [-0.2, 0) is 0 Å². The van der Waals surface area contributed by atoms with Crippen molar-refractivity contribution in [1.29, 1.82) is 5.26 Å². The number of ether oxygens (including phenoxy) is 1. The number of aromatic nitrogens is 4. The van der Waals surface area contributed by atoms with Crippen molar-refractivity contribution in [1.82, 2.24) is 19.7 Å². The van der Waals surface area contributed by atoms with Gasteiger partial charge in [-0.3, -0.25) is 0 Å². The van der Waals surface area contributed by atoms with Crippen molar-refractivity contribution in [2.24, 2.45) is 0 Å². The molecule has 126 valence electrons. The molecule has 1 aromatic carbocycles. The van der Waals surface area contributed by atoms with Gasteiger partial charge in [-0.1, -0.05) is 6.07 Å². The Morgan fingerprint density at radius 3 is 2.48 bits per heavy atom. The van der Waals surface area contributed by atoms with Crippen LogP contribution >= 0.6 is 11.8 Å². The second-order valence-corrected chi connectivity index (χ2v) is 6.23. The third-order valence-electron chi connectivity index (χ3n) is 3.46. The summed E-state index contributed by atoms with van der Waals surface area (Å²) in [5.74, 6) is 1.73. The monoisotopic (exact) mass is 352 g/mol. The molecule has 2 aromatic heterocycles. The molecule has 0 saturated heterocycles. The van der Waals surface area contributed by atoms with Crippen molar-refractivity contribution in [3.05, 3.63) is 47.3 Å². The molecule has 7 nitrogen and oxygen atoms in total. The number of nitriles is 1. The van der Waals surface area contributed by atoms with Gasteiger partial charge in [0, 0.05) is 6.07 Å². The minimum Gasteiger partial charge on any atom is -0.439 e. The molecule has 0 saturated carbocycles. The molecule has 0 aliphatic rings. The van der Waals surface area contributed by atoms with Crippen LogP contribution in [0.2, 0.25) is 0 Å². The van der Waals surface area contributed by atoms with Crippen molar-refractivity contribution in [3.8, 4) is 23.5 Å². The van der Waals surface area contributed by atoms with Crippen LogP contribution in [0.15, 0.2) is 35.6 Å². The molecule has 0 spiro atoms. The van der Waals surface area contributed by atoms with Crippen LogP contribution in [0.1, 0.15) is 16.7 Å². The molecule has 0 radical (unpaired) electrons. The predicted molar refractivity (Wildman–Crippen MR) is 96.1 cm³/mol. The zero-order valence-electron chi connectivity index (χ0n) is 14.0. The fraction of sp³-hybridized carbons (Fsp3) is 0.176. The Hall–Kier alpha value is -3.05. The van der Waals surface area contributed by atoms with Crippen molar-refractivity contribution in [3.63, 3.8) is 0 Å². The van der Waals surface area contributed by atoms with Crippen LogP contribution in [0.25, 0.3) is 5.82 Å². The van der Waals surface area contributed by atoms with Crippen LogP contribution in [0.4, 0.5) is 5.82 Å². The van der Waals surface area contributed by atoms with Gasteiger partial charge in [0.2, 0.25) is 5.88 Å². The molecule has 0 amide bonds. The summed E-state index contributed by atoms with van der Waals surface area (Å²) in [6.45, 7) is 4.01. The van der Waals surface area contributed by atoms with Crippen molar-refractivity contribution < 1.29 is 4.74 Å². The Morgan fingerprint density at radius 1 is 1.16 bits per heavy atom. The van der Waals surface area contributed by atoms with Crippen molar-refractivity contribution in [2.45, 2.75) is 18.9 Å². The summed E-state index contributed by atoms with van der Waals surface area (Å²) in [6.07, 6.45) is 3.21.